The minimum absolute atomic E-state index is 0.0230. The van der Waals surface area contributed by atoms with Crippen LogP contribution in [-0.4, -0.2) is 5.78 Å². The standard InChI is InChI=1S/C67H60O/c1-5-39-66(40-6-2)57-25-17-15-23-53(57)55-37-35-51(43-59(55)66)45-27-31-49(32-28-45)61-62(64(48-21-13-10-14-22-48)65(68)63(61)47-19-11-9-12-20-47)50-33-29-46(30-34-50)52-36-38-56-54-24-16-18-26-58(54)67(41-7-3,42-8-4)60(56)44-52/h9-38,43-44H,5-8,39-42H2,1-4H3. The maximum atomic E-state index is 15.3. The van der Waals surface area contributed by atoms with Crippen LogP contribution in [0.25, 0.3) is 66.8 Å². The summed E-state index contributed by atoms with van der Waals surface area (Å²) >= 11 is 0. The highest BCUT2D eigenvalue weighted by atomic mass is 16.1. The van der Waals surface area contributed by atoms with Crippen molar-refractivity contribution in [2.75, 3.05) is 0 Å². The van der Waals surface area contributed by atoms with E-state index >= 15 is 4.79 Å². The number of ketones is 1. The van der Waals surface area contributed by atoms with E-state index in [-0.39, 0.29) is 16.6 Å². The first-order chi connectivity index (χ1) is 33.4. The van der Waals surface area contributed by atoms with Crippen LogP contribution in [-0.2, 0) is 15.6 Å². The summed E-state index contributed by atoms with van der Waals surface area (Å²) in [6.45, 7) is 9.30. The molecule has 1 heteroatoms. The topological polar surface area (TPSA) is 17.1 Å². The van der Waals surface area contributed by atoms with Gasteiger partial charge in [-0.2, -0.15) is 0 Å². The number of hydrogen-bond acceptors (Lipinski definition) is 1. The van der Waals surface area contributed by atoms with Crippen LogP contribution < -0.4 is 0 Å². The van der Waals surface area contributed by atoms with Gasteiger partial charge < -0.3 is 0 Å². The first kappa shape index (κ1) is 43.5. The van der Waals surface area contributed by atoms with Gasteiger partial charge in [-0.3, -0.25) is 4.79 Å². The molecule has 0 aliphatic heterocycles. The van der Waals surface area contributed by atoms with Gasteiger partial charge >= 0.3 is 0 Å². The third-order valence-corrected chi connectivity index (χ3v) is 15.6. The molecular formula is C67H60O. The molecule has 3 aliphatic rings. The molecule has 8 aromatic carbocycles. The number of carbonyl (C=O) groups excluding carboxylic acids is 1. The van der Waals surface area contributed by atoms with E-state index in [1.165, 1.54) is 66.8 Å². The number of rotatable bonds is 14. The molecule has 0 saturated heterocycles. The molecule has 334 valence electrons. The van der Waals surface area contributed by atoms with E-state index in [4.69, 9.17) is 0 Å². The van der Waals surface area contributed by atoms with Crippen molar-refractivity contribution in [3.05, 3.63) is 239 Å². The Morgan fingerprint density at radius 2 is 0.574 bits per heavy atom. The third kappa shape index (κ3) is 6.92. The average Bonchev–Trinajstić information content (AvgIpc) is 3.95. The Bertz CT molecular complexity index is 3020. The molecule has 0 unspecified atom stereocenters. The lowest BCUT2D eigenvalue weighted by molar-refractivity contribution is -0.108. The van der Waals surface area contributed by atoms with Crippen molar-refractivity contribution < 1.29 is 4.79 Å². The van der Waals surface area contributed by atoms with E-state index in [0.29, 0.717) is 0 Å². The number of hydrogen-bond donors (Lipinski definition) is 0. The van der Waals surface area contributed by atoms with E-state index in [9.17, 15) is 0 Å². The summed E-state index contributed by atoms with van der Waals surface area (Å²) in [5, 5.41) is 0. The Labute approximate surface area is 404 Å². The number of carbonyl (C=O) groups is 1. The average molecular weight is 881 g/mol. The van der Waals surface area contributed by atoms with Crippen molar-refractivity contribution in [1.29, 1.82) is 0 Å². The Morgan fingerprint density at radius 1 is 0.279 bits per heavy atom. The summed E-state index contributed by atoms with van der Waals surface area (Å²) in [7, 11) is 0. The van der Waals surface area contributed by atoms with Gasteiger partial charge in [0.2, 0.25) is 0 Å². The highest BCUT2D eigenvalue weighted by molar-refractivity contribution is 6.59. The minimum Gasteiger partial charge on any atom is -0.289 e. The summed E-state index contributed by atoms with van der Waals surface area (Å²) in [6, 6.07) is 71.1. The van der Waals surface area contributed by atoms with Gasteiger partial charge in [0.1, 0.15) is 0 Å². The summed E-state index contributed by atoms with van der Waals surface area (Å²) < 4.78 is 0. The molecule has 0 bridgehead atoms. The van der Waals surface area contributed by atoms with E-state index in [1.54, 1.807) is 0 Å². The second kappa shape index (κ2) is 17.9. The van der Waals surface area contributed by atoms with E-state index in [1.807, 2.05) is 36.4 Å². The zero-order valence-corrected chi connectivity index (χ0v) is 40.0. The zero-order valence-electron chi connectivity index (χ0n) is 40.0. The van der Waals surface area contributed by atoms with Gasteiger partial charge in [-0.25, -0.2) is 0 Å². The molecule has 0 saturated carbocycles. The molecule has 0 fully saturated rings. The molecule has 0 radical (unpaired) electrons. The lowest BCUT2D eigenvalue weighted by Gasteiger charge is -2.32. The Kier molecular flexibility index (Phi) is 11.4. The van der Waals surface area contributed by atoms with Gasteiger partial charge in [0.25, 0.3) is 0 Å². The van der Waals surface area contributed by atoms with Crippen molar-refractivity contribution in [1.82, 2.24) is 0 Å². The zero-order chi connectivity index (χ0) is 46.4. The van der Waals surface area contributed by atoms with Gasteiger partial charge in [0, 0.05) is 33.1 Å². The van der Waals surface area contributed by atoms with Crippen molar-refractivity contribution in [2.45, 2.75) is 89.9 Å². The largest absolute Gasteiger partial charge is 0.289 e. The fourth-order valence-electron chi connectivity index (χ4n) is 12.9. The molecule has 1 nitrogen and oxygen atoms in total. The first-order valence-electron chi connectivity index (χ1n) is 25.3. The second-order valence-corrected chi connectivity index (χ2v) is 19.5. The van der Waals surface area contributed by atoms with Gasteiger partial charge in [0.05, 0.1) is 0 Å². The molecule has 0 aromatic heterocycles. The fraction of sp³-hybridized carbons (Fsp3) is 0.209. The maximum absolute atomic E-state index is 15.3. The van der Waals surface area contributed by atoms with Crippen molar-refractivity contribution in [3.63, 3.8) is 0 Å². The van der Waals surface area contributed by atoms with E-state index in [0.717, 1.165) is 95.9 Å². The molecule has 0 spiro atoms. The summed E-state index contributed by atoms with van der Waals surface area (Å²) in [4.78, 5) is 15.3. The monoisotopic (exact) mass is 880 g/mol. The van der Waals surface area contributed by atoms with Gasteiger partial charge in [-0.05, 0) is 127 Å². The van der Waals surface area contributed by atoms with Crippen molar-refractivity contribution in [3.8, 4) is 44.5 Å². The van der Waals surface area contributed by atoms with Crippen molar-refractivity contribution in [2.24, 2.45) is 0 Å². The molecule has 11 rings (SSSR count). The van der Waals surface area contributed by atoms with Crippen LogP contribution in [0, 0.1) is 0 Å². The second-order valence-electron chi connectivity index (χ2n) is 19.5. The molecule has 0 heterocycles. The quantitative estimate of drug-likeness (QED) is 0.106. The lowest BCUT2D eigenvalue weighted by Crippen LogP contribution is -2.25. The van der Waals surface area contributed by atoms with Crippen LogP contribution in [0.15, 0.2) is 194 Å². The lowest BCUT2D eigenvalue weighted by atomic mass is 9.71. The molecule has 3 aliphatic carbocycles. The van der Waals surface area contributed by atoms with E-state index in [2.05, 4.69) is 185 Å². The summed E-state index contributed by atoms with van der Waals surface area (Å²) in [6.07, 6.45) is 9.09. The molecular weight excluding hydrogens is 821 g/mol. The molecule has 0 atom stereocenters. The summed E-state index contributed by atoms with van der Waals surface area (Å²) in [5.41, 5.74) is 23.7. The highest BCUT2D eigenvalue weighted by Gasteiger charge is 2.43. The Morgan fingerprint density at radius 3 is 0.941 bits per heavy atom. The van der Waals surface area contributed by atoms with Crippen LogP contribution >= 0.6 is 0 Å². The SMILES string of the molecule is CCCC1(CCC)c2ccccc2-c2ccc(-c3ccc(C4=C(c5ccccc5)C(=O)C(c5ccccc5)=C4c4ccc(-c5ccc6c(c5)C(CCC)(CCC)c5ccccc5-6)cc4)cc3)cc21. The Hall–Kier alpha value is -7.09. The van der Waals surface area contributed by atoms with Gasteiger partial charge in [0.15, 0.2) is 5.78 Å². The smallest absolute Gasteiger partial charge is 0.195 e. The molecule has 68 heavy (non-hydrogen) atoms. The normalized spacial score (nSPS) is 15.1. The predicted molar refractivity (Wildman–Crippen MR) is 287 cm³/mol. The first-order valence-corrected chi connectivity index (χ1v) is 25.3. The van der Waals surface area contributed by atoms with Crippen LogP contribution in [0.2, 0.25) is 0 Å². The Balaban J connectivity index is 1.02. The van der Waals surface area contributed by atoms with Crippen LogP contribution in [0.4, 0.5) is 0 Å². The summed E-state index contributed by atoms with van der Waals surface area (Å²) in [5.74, 6) is 0.0586. The highest BCUT2D eigenvalue weighted by Crippen LogP contribution is 2.57. The van der Waals surface area contributed by atoms with Gasteiger partial charge in [-0.1, -0.05) is 235 Å². The number of benzene rings is 8. The number of Topliss-reactive ketones (excluding diaryl/α,β-unsaturated/α-hetero) is 1. The minimum atomic E-state index is 0.0230. The van der Waals surface area contributed by atoms with Gasteiger partial charge in [-0.15, -0.1) is 0 Å². The maximum Gasteiger partial charge on any atom is 0.195 e. The molecule has 8 aromatic rings. The molecule has 0 N–H and O–H groups in total. The number of fused-ring (bicyclic) bond motifs is 6. The third-order valence-electron chi connectivity index (χ3n) is 15.6. The van der Waals surface area contributed by atoms with Crippen molar-refractivity contribution >= 4 is 28.1 Å². The van der Waals surface area contributed by atoms with E-state index < -0.39 is 0 Å². The van der Waals surface area contributed by atoms with Crippen LogP contribution in [0.1, 0.15) is 124 Å². The fourth-order valence-corrected chi connectivity index (χ4v) is 12.9. The predicted octanol–water partition coefficient (Wildman–Crippen LogP) is 17.9. The van der Waals surface area contributed by atoms with Crippen LogP contribution in [0.3, 0.4) is 0 Å². The number of allylic oxidation sites excluding steroid dienone is 4. The van der Waals surface area contributed by atoms with Crippen LogP contribution in [0.5, 0.6) is 0 Å². The molecule has 0 amide bonds.